The average molecular weight is 293 g/mol. The predicted molar refractivity (Wildman–Crippen MR) is 84.0 cm³/mol. The third-order valence-electron chi connectivity index (χ3n) is 3.99. The summed E-state index contributed by atoms with van der Waals surface area (Å²) >= 11 is 0. The molecular formula is C17H27NO3. The van der Waals surface area contributed by atoms with Crippen LogP contribution in [-0.2, 0) is 11.2 Å². The summed E-state index contributed by atoms with van der Waals surface area (Å²) in [6.07, 6.45) is 4.52. The van der Waals surface area contributed by atoms with Crippen molar-refractivity contribution in [3.05, 3.63) is 23.8 Å². The van der Waals surface area contributed by atoms with Crippen LogP contribution in [0.5, 0.6) is 11.5 Å². The summed E-state index contributed by atoms with van der Waals surface area (Å²) in [4.78, 5) is 0. The lowest BCUT2D eigenvalue weighted by Crippen LogP contribution is -2.21. The number of hydrogen-bond donors (Lipinski definition) is 1. The van der Waals surface area contributed by atoms with Crippen molar-refractivity contribution in [2.24, 2.45) is 5.73 Å². The number of nitrogens with two attached hydrogens (primary N) is 1. The van der Waals surface area contributed by atoms with Crippen molar-refractivity contribution in [1.82, 2.24) is 0 Å². The van der Waals surface area contributed by atoms with E-state index in [1.807, 2.05) is 12.1 Å². The fraction of sp³-hybridized carbons (Fsp3) is 0.647. The van der Waals surface area contributed by atoms with Gasteiger partial charge in [0, 0.05) is 6.04 Å². The molecule has 118 valence electrons. The highest BCUT2D eigenvalue weighted by molar-refractivity contribution is 5.43. The van der Waals surface area contributed by atoms with Gasteiger partial charge in [-0.25, -0.2) is 0 Å². The summed E-state index contributed by atoms with van der Waals surface area (Å²) in [5.41, 5.74) is 7.20. The molecule has 0 bridgehead atoms. The van der Waals surface area contributed by atoms with Crippen molar-refractivity contribution in [1.29, 1.82) is 0 Å². The lowest BCUT2D eigenvalue weighted by atomic mass is 10.0. The van der Waals surface area contributed by atoms with E-state index in [0.717, 1.165) is 37.2 Å². The van der Waals surface area contributed by atoms with Crippen LogP contribution in [0, 0.1) is 0 Å². The molecule has 0 aliphatic carbocycles. The van der Waals surface area contributed by atoms with Gasteiger partial charge in [0.2, 0.25) is 0 Å². The molecule has 0 aromatic heterocycles. The zero-order valence-electron chi connectivity index (χ0n) is 13.3. The first-order chi connectivity index (χ1) is 10.1. The smallest absolute Gasteiger partial charge is 0.161 e. The van der Waals surface area contributed by atoms with Crippen LogP contribution >= 0.6 is 0 Å². The maximum atomic E-state index is 6.02. The van der Waals surface area contributed by atoms with Crippen molar-refractivity contribution in [3.63, 3.8) is 0 Å². The lowest BCUT2D eigenvalue weighted by Gasteiger charge is -2.16. The van der Waals surface area contributed by atoms with Crippen LogP contribution in [0.3, 0.4) is 0 Å². The van der Waals surface area contributed by atoms with Crippen LogP contribution in [0.4, 0.5) is 0 Å². The van der Waals surface area contributed by atoms with Crippen LogP contribution < -0.4 is 15.2 Å². The fourth-order valence-electron chi connectivity index (χ4n) is 2.60. The molecular weight excluding hydrogens is 266 g/mol. The first-order valence-electron chi connectivity index (χ1n) is 7.83. The Morgan fingerprint density at radius 1 is 1.33 bits per heavy atom. The minimum Gasteiger partial charge on any atom is -0.493 e. The molecule has 0 spiro atoms. The van der Waals surface area contributed by atoms with E-state index >= 15 is 0 Å². The Hall–Kier alpha value is -1.26. The molecule has 1 aliphatic rings. The fourth-order valence-corrected chi connectivity index (χ4v) is 2.60. The van der Waals surface area contributed by atoms with Gasteiger partial charge in [-0.15, -0.1) is 0 Å². The van der Waals surface area contributed by atoms with Gasteiger partial charge in [0.05, 0.1) is 19.3 Å². The average Bonchev–Trinajstić information content (AvgIpc) is 2.90. The van der Waals surface area contributed by atoms with E-state index in [0.29, 0.717) is 12.7 Å². The maximum absolute atomic E-state index is 6.02. The molecule has 4 nitrogen and oxygen atoms in total. The van der Waals surface area contributed by atoms with Gasteiger partial charge in [-0.05, 0) is 50.3 Å². The highest BCUT2D eigenvalue weighted by Crippen LogP contribution is 2.30. The van der Waals surface area contributed by atoms with Crippen molar-refractivity contribution in [2.75, 3.05) is 13.7 Å². The van der Waals surface area contributed by atoms with E-state index in [-0.39, 0.29) is 12.1 Å². The highest BCUT2D eigenvalue weighted by Gasteiger charge is 2.22. The van der Waals surface area contributed by atoms with Crippen LogP contribution in [0.25, 0.3) is 0 Å². The van der Waals surface area contributed by atoms with Crippen molar-refractivity contribution >= 4 is 0 Å². The molecule has 1 saturated heterocycles. The minimum absolute atomic E-state index is 0.185. The van der Waals surface area contributed by atoms with Crippen LogP contribution in [-0.4, -0.2) is 32.0 Å². The summed E-state index contributed by atoms with van der Waals surface area (Å²) in [6, 6.07) is 6.22. The summed E-state index contributed by atoms with van der Waals surface area (Å²) < 4.78 is 17.1. The maximum Gasteiger partial charge on any atom is 0.161 e. The summed E-state index contributed by atoms with van der Waals surface area (Å²) in [5, 5.41) is 0. The van der Waals surface area contributed by atoms with Gasteiger partial charge in [-0.1, -0.05) is 13.0 Å². The van der Waals surface area contributed by atoms with Crippen LogP contribution in [0.2, 0.25) is 0 Å². The number of hydrogen-bond acceptors (Lipinski definition) is 4. The quantitative estimate of drug-likeness (QED) is 0.840. The van der Waals surface area contributed by atoms with Gasteiger partial charge >= 0.3 is 0 Å². The van der Waals surface area contributed by atoms with Crippen LogP contribution in [0.1, 0.15) is 38.7 Å². The zero-order chi connectivity index (χ0) is 15.2. The Morgan fingerprint density at radius 2 is 2.14 bits per heavy atom. The van der Waals surface area contributed by atoms with Gasteiger partial charge < -0.3 is 19.9 Å². The van der Waals surface area contributed by atoms with E-state index < -0.39 is 0 Å². The molecule has 3 unspecified atom stereocenters. The molecule has 1 heterocycles. The van der Waals surface area contributed by atoms with Gasteiger partial charge in [0.15, 0.2) is 11.5 Å². The largest absolute Gasteiger partial charge is 0.493 e. The molecule has 2 rings (SSSR count). The Kier molecular flexibility index (Phi) is 5.88. The SMILES string of the molecule is CCC(N)Cc1ccc(OC)c(OCC2CCC(C)O2)c1. The van der Waals surface area contributed by atoms with Crippen LogP contribution in [0.15, 0.2) is 18.2 Å². The standard InChI is InChI=1S/C17H27NO3/c1-4-14(18)9-13-6-8-16(19-3)17(10-13)20-11-15-7-5-12(2)21-15/h6,8,10,12,14-15H,4-5,7,9,11,18H2,1-3H3. The summed E-state index contributed by atoms with van der Waals surface area (Å²) in [6.45, 7) is 4.78. The second-order valence-corrected chi connectivity index (χ2v) is 5.81. The molecule has 2 N–H and O–H groups in total. The van der Waals surface area contributed by atoms with Gasteiger partial charge in [0.1, 0.15) is 6.61 Å². The molecule has 0 saturated carbocycles. The normalized spacial score (nSPS) is 23.0. The van der Waals surface area contributed by atoms with Gasteiger partial charge in [-0.3, -0.25) is 0 Å². The lowest BCUT2D eigenvalue weighted by molar-refractivity contribution is 0.0259. The van der Waals surface area contributed by atoms with E-state index in [1.165, 1.54) is 5.56 Å². The molecule has 1 aromatic rings. The summed E-state index contributed by atoms with van der Waals surface area (Å²) in [5.74, 6) is 1.54. The highest BCUT2D eigenvalue weighted by atomic mass is 16.6. The molecule has 1 aliphatic heterocycles. The number of ether oxygens (including phenoxy) is 3. The first kappa shape index (κ1) is 16.1. The Morgan fingerprint density at radius 3 is 2.76 bits per heavy atom. The molecule has 21 heavy (non-hydrogen) atoms. The molecule has 4 heteroatoms. The Balaban J connectivity index is 1.99. The number of rotatable bonds is 7. The minimum atomic E-state index is 0.185. The van der Waals surface area contributed by atoms with E-state index in [4.69, 9.17) is 19.9 Å². The van der Waals surface area contributed by atoms with E-state index in [9.17, 15) is 0 Å². The second kappa shape index (κ2) is 7.66. The summed E-state index contributed by atoms with van der Waals surface area (Å²) in [7, 11) is 1.66. The first-order valence-corrected chi connectivity index (χ1v) is 7.83. The Bertz CT molecular complexity index is 450. The molecule has 0 radical (unpaired) electrons. The van der Waals surface area contributed by atoms with Gasteiger partial charge in [-0.2, -0.15) is 0 Å². The number of methoxy groups -OCH3 is 1. The molecule has 3 atom stereocenters. The number of benzene rings is 1. The second-order valence-electron chi connectivity index (χ2n) is 5.81. The third-order valence-corrected chi connectivity index (χ3v) is 3.99. The van der Waals surface area contributed by atoms with Crippen molar-refractivity contribution in [2.45, 2.75) is 57.8 Å². The molecule has 1 fully saturated rings. The van der Waals surface area contributed by atoms with Crippen molar-refractivity contribution in [3.8, 4) is 11.5 Å². The monoisotopic (exact) mass is 293 g/mol. The van der Waals surface area contributed by atoms with Crippen molar-refractivity contribution < 1.29 is 14.2 Å². The molecule has 1 aromatic carbocycles. The molecule has 0 amide bonds. The van der Waals surface area contributed by atoms with E-state index in [2.05, 4.69) is 19.9 Å². The third kappa shape index (κ3) is 4.61. The van der Waals surface area contributed by atoms with E-state index in [1.54, 1.807) is 7.11 Å². The van der Waals surface area contributed by atoms with Gasteiger partial charge in [0.25, 0.3) is 0 Å². The zero-order valence-corrected chi connectivity index (χ0v) is 13.3. The predicted octanol–water partition coefficient (Wildman–Crippen LogP) is 2.92. The Labute approximate surface area is 127 Å². The topological polar surface area (TPSA) is 53.7 Å².